The van der Waals surface area contributed by atoms with Gasteiger partial charge in [-0.2, -0.15) is 0 Å². The molecule has 1 atom stereocenters. The predicted molar refractivity (Wildman–Crippen MR) is 59.3 cm³/mol. The maximum Gasteiger partial charge on any atom is 0.269 e. The van der Waals surface area contributed by atoms with Gasteiger partial charge in [0.2, 0.25) is 5.91 Å². The smallest absolute Gasteiger partial charge is 0.269 e. The average Bonchev–Trinajstić information content (AvgIpc) is 2.27. The molecule has 0 spiro atoms. The normalized spacial score (nSPS) is 11.6. The van der Waals surface area contributed by atoms with Gasteiger partial charge in [0, 0.05) is 31.4 Å². The van der Waals surface area contributed by atoms with Crippen molar-refractivity contribution in [1.82, 2.24) is 5.32 Å². The molecule has 0 aliphatic rings. The van der Waals surface area contributed by atoms with Gasteiger partial charge < -0.3 is 15.2 Å². The molecule has 0 saturated carbocycles. The molecule has 7 heteroatoms. The van der Waals surface area contributed by atoms with Crippen LogP contribution in [0.2, 0.25) is 0 Å². The zero-order valence-electron chi connectivity index (χ0n) is 9.58. The second kappa shape index (κ2) is 5.76. The number of rotatable bonds is 5. The highest BCUT2D eigenvalue weighted by Gasteiger charge is 2.14. The summed E-state index contributed by atoms with van der Waals surface area (Å²) in [6, 6.07) is 4.55. The third kappa shape index (κ3) is 3.85. The summed E-state index contributed by atoms with van der Waals surface area (Å²) in [7, 11) is 0. The minimum atomic E-state index is -1.31. The second-order valence-corrected chi connectivity index (χ2v) is 3.68. The van der Waals surface area contributed by atoms with Crippen LogP contribution in [0, 0.1) is 10.1 Å². The van der Waals surface area contributed by atoms with E-state index < -0.39 is 23.4 Å². The van der Waals surface area contributed by atoms with Gasteiger partial charge in [-0.25, -0.2) is 0 Å². The van der Waals surface area contributed by atoms with Crippen LogP contribution >= 0.6 is 0 Å². The molecular formula is C11H11N2O5-. The molecule has 1 rings (SSSR count). The lowest BCUT2D eigenvalue weighted by Gasteiger charge is -2.18. The quantitative estimate of drug-likeness (QED) is 0.580. The first-order chi connectivity index (χ1) is 8.40. The molecule has 0 fully saturated rings. The Balaban J connectivity index is 2.93. The van der Waals surface area contributed by atoms with Crippen molar-refractivity contribution in [2.75, 3.05) is 0 Å². The molecular weight excluding hydrogens is 240 g/mol. The lowest BCUT2D eigenvalue weighted by molar-refractivity contribution is -0.384. The Morgan fingerprint density at radius 3 is 2.28 bits per heavy atom. The lowest BCUT2D eigenvalue weighted by atomic mass is 10.0. The van der Waals surface area contributed by atoms with Gasteiger partial charge in [0.1, 0.15) is 0 Å². The Labute approximate surface area is 103 Å². The van der Waals surface area contributed by atoms with E-state index in [0.717, 1.165) is 0 Å². The number of non-ortho nitro benzene ring substituents is 1. The van der Waals surface area contributed by atoms with Gasteiger partial charge in [0.25, 0.3) is 5.69 Å². The molecule has 7 nitrogen and oxygen atoms in total. The fraction of sp³-hybridized carbons (Fsp3) is 0.273. The van der Waals surface area contributed by atoms with E-state index in [4.69, 9.17) is 0 Å². The van der Waals surface area contributed by atoms with E-state index in [1.54, 1.807) is 0 Å². The molecule has 0 bridgehead atoms. The molecule has 1 aromatic rings. The summed E-state index contributed by atoms with van der Waals surface area (Å²) in [6.45, 7) is 1.26. The van der Waals surface area contributed by atoms with Crippen molar-refractivity contribution in [2.45, 2.75) is 19.4 Å². The van der Waals surface area contributed by atoms with Crippen molar-refractivity contribution in [3.05, 3.63) is 39.9 Å². The highest BCUT2D eigenvalue weighted by Crippen LogP contribution is 2.20. The lowest BCUT2D eigenvalue weighted by Crippen LogP contribution is -2.33. The van der Waals surface area contributed by atoms with Crippen LogP contribution < -0.4 is 10.4 Å². The molecule has 0 saturated heterocycles. The van der Waals surface area contributed by atoms with Gasteiger partial charge >= 0.3 is 0 Å². The zero-order chi connectivity index (χ0) is 13.7. The SMILES string of the molecule is CC(=O)N[C@@H](CC(=O)[O-])c1ccc([N+](=O)[O-])cc1. The molecule has 18 heavy (non-hydrogen) atoms. The number of nitrogens with one attached hydrogen (secondary N) is 1. The summed E-state index contributed by atoms with van der Waals surface area (Å²) in [4.78, 5) is 31.4. The Morgan fingerprint density at radius 1 is 1.33 bits per heavy atom. The third-order valence-corrected chi connectivity index (χ3v) is 2.25. The fourth-order valence-electron chi connectivity index (χ4n) is 1.49. The van der Waals surface area contributed by atoms with Crippen LogP contribution in [0.1, 0.15) is 24.9 Å². The molecule has 0 aromatic heterocycles. The van der Waals surface area contributed by atoms with Crippen molar-refractivity contribution in [1.29, 1.82) is 0 Å². The van der Waals surface area contributed by atoms with E-state index in [-0.39, 0.29) is 11.6 Å². The number of carbonyl (C=O) groups is 2. The standard InChI is InChI=1S/C11H12N2O5/c1-7(14)12-10(6-11(15)16)8-2-4-9(5-3-8)13(17)18/h2-5,10H,6H2,1H3,(H,12,14)(H,15,16)/p-1/t10-/m0/s1. The van der Waals surface area contributed by atoms with E-state index in [9.17, 15) is 24.8 Å². The fourth-order valence-corrected chi connectivity index (χ4v) is 1.49. The number of benzene rings is 1. The maximum atomic E-state index is 11.0. The molecule has 1 N–H and O–H groups in total. The number of amides is 1. The van der Waals surface area contributed by atoms with Gasteiger partial charge in [-0.05, 0) is 5.56 Å². The predicted octanol–water partition coefficient (Wildman–Crippen LogP) is -0.0880. The summed E-state index contributed by atoms with van der Waals surface area (Å²) < 4.78 is 0. The molecule has 1 amide bonds. The summed E-state index contributed by atoms with van der Waals surface area (Å²) in [5.41, 5.74) is 0.369. The molecule has 96 valence electrons. The van der Waals surface area contributed by atoms with Crippen LogP contribution in [0.15, 0.2) is 24.3 Å². The summed E-state index contributed by atoms with van der Waals surface area (Å²) in [6.07, 6.45) is -0.391. The molecule has 0 aliphatic carbocycles. The summed E-state index contributed by atoms with van der Waals surface area (Å²) in [5, 5.41) is 23.5. The Bertz CT molecular complexity index is 453. The zero-order valence-corrected chi connectivity index (χ0v) is 9.58. The largest absolute Gasteiger partial charge is 0.550 e. The second-order valence-electron chi connectivity index (χ2n) is 3.68. The van der Waals surface area contributed by atoms with Crippen molar-refractivity contribution < 1.29 is 19.6 Å². The van der Waals surface area contributed by atoms with E-state index in [0.29, 0.717) is 5.56 Å². The topological polar surface area (TPSA) is 112 Å². The van der Waals surface area contributed by atoms with E-state index >= 15 is 0 Å². The van der Waals surface area contributed by atoms with Gasteiger partial charge in [0.05, 0.1) is 11.0 Å². The van der Waals surface area contributed by atoms with Crippen LogP contribution in [0.25, 0.3) is 0 Å². The summed E-state index contributed by atoms with van der Waals surface area (Å²) in [5.74, 6) is -1.70. The maximum absolute atomic E-state index is 11.0. The van der Waals surface area contributed by atoms with Gasteiger partial charge in [-0.3, -0.25) is 14.9 Å². The number of carboxylic acid groups (broad SMARTS) is 1. The van der Waals surface area contributed by atoms with Crippen molar-refractivity contribution >= 4 is 17.6 Å². The number of carboxylic acids is 1. The number of hydrogen-bond acceptors (Lipinski definition) is 5. The van der Waals surface area contributed by atoms with Crippen LogP contribution in [0.5, 0.6) is 0 Å². The molecule has 0 unspecified atom stereocenters. The summed E-state index contributed by atoms with van der Waals surface area (Å²) >= 11 is 0. The third-order valence-electron chi connectivity index (χ3n) is 2.25. The van der Waals surface area contributed by atoms with Gasteiger partial charge in [-0.1, -0.05) is 12.1 Å². The number of hydrogen-bond donors (Lipinski definition) is 1. The molecule has 0 heterocycles. The first-order valence-electron chi connectivity index (χ1n) is 5.11. The Hall–Kier alpha value is -2.44. The van der Waals surface area contributed by atoms with E-state index in [2.05, 4.69) is 5.32 Å². The minimum Gasteiger partial charge on any atom is -0.550 e. The highest BCUT2D eigenvalue weighted by atomic mass is 16.6. The van der Waals surface area contributed by atoms with Crippen molar-refractivity contribution in [2.24, 2.45) is 0 Å². The number of nitrogens with zero attached hydrogens (tertiary/aromatic N) is 1. The minimum absolute atomic E-state index is 0.103. The van der Waals surface area contributed by atoms with Gasteiger partial charge in [-0.15, -0.1) is 0 Å². The Morgan fingerprint density at radius 2 is 1.89 bits per heavy atom. The average molecular weight is 251 g/mol. The number of carbonyl (C=O) groups excluding carboxylic acids is 2. The molecule has 1 aromatic carbocycles. The first-order valence-corrected chi connectivity index (χ1v) is 5.11. The van der Waals surface area contributed by atoms with Crippen LogP contribution in [-0.2, 0) is 9.59 Å². The van der Waals surface area contributed by atoms with Crippen LogP contribution in [0.4, 0.5) is 5.69 Å². The van der Waals surface area contributed by atoms with Gasteiger partial charge in [0.15, 0.2) is 0 Å². The number of nitro benzene ring substituents is 1. The highest BCUT2D eigenvalue weighted by molar-refractivity contribution is 5.75. The molecule has 0 radical (unpaired) electrons. The molecule has 0 aliphatic heterocycles. The van der Waals surface area contributed by atoms with Crippen molar-refractivity contribution in [3.63, 3.8) is 0 Å². The van der Waals surface area contributed by atoms with Crippen LogP contribution in [-0.4, -0.2) is 16.8 Å². The number of nitro groups is 1. The van der Waals surface area contributed by atoms with E-state index in [1.165, 1.54) is 31.2 Å². The van der Waals surface area contributed by atoms with Crippen molar-refractivity contribution in [3.8, 4) is 0 Å². The monoisotopic (exact) mass is 251 g/mol. The first kappa shape index (κ1) is 13.6. The Kier molecular flexibility index (Phi) is 4.36. The van der Waals surface area contributed by atoms with Crippen LogP contribution in [0.3, 0.4) is 0 Å². The van der Waals surface area contributed by atoms with E-state index in [1.807, 2.05) is 0 Å². The number of aliphatic carboxylic acids is 1.